The first-order chi connectivity index (χ1) is 13.0. The van der Waals surface area contributed by atoms with Crippen LogP contribution in [0.4, 0.5) is 4.39 Å². The summed E-state index contributed by atoms with van der Waals surface area (Å²) in [4.78, 5) is 19.8. The van der Waals surface area contributed by atoms with Crippen LogP contribution in [0.2, 0.25) is 0 Å². The summed E-state index contributed by atoms with van der Waals surface area (Å²) in [5, 5.41) is 0.670. The standard InChI is InChI=1S/C22H22FN3O/c1-14-11-17(24)9-10-26(14)22(27)19-13-20(15-5-3-2-4-6-15)25-21-12-16(23)7-8-18(19)21/h2-8,12-14,17H,9-11,24H2,1H3/t14-,17-/m1/s1. The zero-order valence-corrected chi connectivity index (χ0v) is 15.2. The molecule has 27 heavy (non-hydrogen) atoms. The molecule has 2 heterocycles. The van der Waals surface area contributed by atoms with E-state index < -0.39 is 0 Å². The van der Waals surface area contributed by atoms with E-state index in [1.165, 1.54) is 12.1 Å². The first-order valence-electron chi connectivity index (χ1n) is 9.25. The Morgan fingerprint density at radius 3 is 2.70 bits per heavy atom. The molecule has 1 aliphatic heterocycles. The van der Waals surface area contributed by atoms with E-state index in [-0.39, 0.29) is 23.8 Å². The maximum absolute atomic E-state index is 13.8. The summed E-state index contributed by atoms with van der Waals surface area (Å²) in [6.45, 7) is 2.66. The third-order valence-electron chi connectivity index (χ3n) is 5.25. The van der Waals surface area contributed by atoms with Gasteiger partial charge in [-0.15, -0.1) is 0 Å². The predicted molar refractivity (Wildman–Crippen MR) is 105 cm³/mol. The Morgan fingerprint density at radius 1 is 1.19 bits per heavy atom. The largest absolute Gasteiger partial charge is 0.336 e. The number of amides is 1. The van der Waals surface area contributed by atoms with Gasteiger partial charge in [-0.2, -0.15) is 0 Å². The van der Waals surface area contributed by atoms with E-state index >= 15 is 0 Å². The van der Waals surface area contributed by atoms with Crippen molar-refractivity contribution in [3.8, 4) is 11.3 Å². The molecule has 3 aromatic rings. The number of carbonyl (C=O) groups excluding carboxylic acids is 1. The van der Waals surface area contributed by atoms with Crippen molar-refractivity contribution in [3.63, 3.8) is 0 Å². The summed E-state index contributed by atoms with van der Waals surface area (Å²) >= 11 is 0. The normalized spacial score (nSPS) is 20.0. The lowest BCUT2D eigenvalue weighted by Crippen LogP contribution is -2.48. The maximum atomic E-state index is 13.8. The van der Waals surface area contributed by atoms with Crippen molar-refractivity contribution in [2.24, 2.45) is 5.73 Å². The molecule has 5 heteroatoms. The number of hydrogen-bond acceptors (Lipinski definition) is 3. The molecule has 0 bridgehead atoms. The van der Waals surface area contributed by atoms with Crippen LogP contribution in [-0.4, -0.2) is 34.4 Å². The van der Waals surface area contributed by atoms with E-state index in [4.69, 9.17) is 5.73 Å². The van der Waals surface area contributed by atoms with Gasteiger partial charge in [-0.1, -0.05) is 30.3 Å². The third kappa shape index (κ3) is 3.43. The molecule has 0 spiro atoms. The number of rotatable bonds is 2. The molecule has 4 nitrogen and oxygen atoms in total. The summed E-state index contributed by atoms with van der Waals surface area (Å²) in [5.41, 5.74) is 8.65. The van der Waals surface area contributed by atoms with Crippen molar-refractivity contribution in [1.29, 1.82) is 0 Å². The van der Waals surface area contributed by atoms with Crippen molar-refractivity contribution in [1.82, 2.24) is 9.88 Å². The van der Waals surface area contributed by atoms with Crippen LogP contribution in [0.5, 0.6) is 0 Å². The predicted octanol–water partition coefficient (Wildman–Crippen LogP) is 3.99. The van der Waals surface area contributed by atoms with Crippen molar-refractivity contribution in [3.05, 3.63) is 66.0 Å². The average molecular weight is 363 g/mol. The Balaban J connectivity index is 1.84. The van der Waals surface area contributed by atoms with E-state index in [9.17, 15) is 9.18 Å². The highest BCUT2D eigenvalue weighted by atomic mass is 19.1. The van der Waals surface area contributed by atoms with Crippen LogP contribution >= 0.6 is 0 Å². The SMILES string of the molecule is C[C@@H]1C[C@H](N)CCN1C(=O)c1cc(-c2ccccc2)nc2cc(F)ccc12. The number of piperidine rings is 1. The Hall–Kier alpha value is -2.79. The number of aromatic nitrogens is 1. The van der Waals surface area contributed by atoms with Crippen LogP contribution in [-0.2, 0) is 0 Å². The topological polar surface area (TPSA) is 59.2 Å². The van der Waals surface area contributed by atoms with Crippen molar-refractivity contribution in [2.75, 3.05) is 6.54 Å². The van der Waals surface area contributed by atoms with Gasteiger partial charge in [0, 0.05) is 35.6 Å². The van der Waals surface area contributed by atoms with Gasteiger partial charge >= 0.3 is 0 Å². The number of pyridine rings is 1. The second kappa shape index (κ2) is 7.08. The highest BCUT2D eigenvalue weighted by Crippen LogP contribution is 2.28. The Morgan fingerprint density at radius 2 is 1.96 bits per heavy atom. The maximum Gasteiger partial charge on any atom is 0.254 e. The number of halogens is 1. The van der Waals surface area contributed by atoms with Gasteiger partial charge in [0.25, 0.3) is 5.91 Å². The minimum absolute atomic E-state index is 0.0504. The van der Waals surface area contributed by atoms with Crippen LogP contribution in [0, 0.1) is 5.82 Å². The van der Waals surface area contributed by atoms with E-state index in [1.807, 2.05) is 48.2 Å². The van der Waals surface area contributed by atoms with E-state index in [0.29, 0.717) is 28.7 Å². The molecule has 0 radical (unpaired) electrons. The molecule has 0 unspecified atom stereocenters. The molecule has 4 rings (SSSR count). The number of nitrogens with two attached hydrogens (primary N) is 1. The number of fused-ring (bicyclic) bond motifs is 1. The van der Waals surface area contributed by atoms with Gasteiger partial charge in [0.05, 0.1) is 16.8 Å². The zero-order chi connectivity index (χ0) is 19.0. The second-order valence-corrected chi connectivity index (χ2v) is 7.21. The van der Waals surface area contributed by atoms with E-state index in [0.717, 1.165) is 18.4 Å². The molecule has 1 fully saturated rings. The highest BCUT2D eigenvalue weighted by Gasteiger charge is 2.29. The summed E-state index contributed by atoms with van der Waals surface area (Å²) in [6, 6.07) is 16.1. The summed E-state index contributed by atoms with van der Waals surface area (Å²) in [7, 11) is 0. The number of benzene rings is 2. The molecule has 1 amide bonds. The lowest BCUT2D eigenvalue weighted by molar-refractivity contribution is 0.0621. The highest BCUT2D eigenvalue weighted by molar-refractivity contribution is 6.07. The Kier molecular flexibility index (Phi) is 4.62. The molecular weight excluding hydrogens is 341 g/mol. The Bertz CT molecular complexity index is 990. The van der Waals surface area contributed by atoms with E-state index in [2.05, 4.69) is 4.98 Å². The van der Waals surface area contributed by atoms with Crippen molar-refractivity contribution >= 4 is 16.8 Å². The quantitative estimate of drug-likeness (QED) is 0.749. The monoisotopic (exact) mass is 363 g/mol. The third-order valence-corrected chi connectivity index (χ3v) is 5.25. The van der Waals surface area contributed by atoms with Crippen LogP contribution < -0.4 is 5.73 Å². The van der Waals surface area contributed by atoms with Crippen LogP contribution in [0.15, 0.2) is 54.6 Å². The van der Waals surface area contributed by atoms with Gasteiger partial charge in [-0.05, 0) is 38.0 Å². The molecule has 1 aromatic heterocycles. The van der Waals surface area contributed by atoms with Gasteiger partial charge < -0.3 is 10.6 Å². The number of likely N-dealkylation sites (tertiary alicyclic amines) is 1. The molecule has 138 valence electrons. The van der Waals surface area contributed by atoms with Gasteiger partial charge in [-0.25, -0.2) is 9.37 Å². The molecule has 2 atom stereocenters. The lowest BCUT2D eigenvalue weighted by atomic mass is 9.96. The number of hydrogen-bond donors (Lipinski definition) is 1. The smallest absolute Gasteiger partial charge is 0.254 e. The van der Waals surface area contributed by atoms with Crippen LogP contribution in [0.1, 0.15) is 30.1 Å². The lowest BCUT2D eigenvalue weighted by Gasteiger charge is -2.36. The van der Waals surface area contributed by atoms with Gasteiger partial charge in [-0.3, -0.25) is 4.79 Å². The van der Waals surface area contributed by atoms with Gasteiger partial charge in [0.1, 0.15) is 5.82 Å². The minimum Gasteiger partial charge on any atom is -0.336 e. The zero-order valence-electron chi connectivity index (χ0n) is 15.2. The van der Waals surface area contributed by atoms with Gasteiger partial charge in [0.15, 0.2) is 0 Å². The minimum atomic E-state index is -0.365. The van der Waals surface area contributed by atoms with E-state index in [1.54, 1.807) is 6.07 Å². The number of nitrogens with zero attached hydrogens (tertiary/aromatic N) is 2. The number of carbonyl (C=O) groups is 1. The first-order valence-corrected chi connectivity index (χ1v) is 9.25. The molecule has 1 saturated heterocycles. The molecule has 1 aliphatic rings. The molecule has 0 saturated carbocycles. The summed E-state index contributed by atoms with van der Waals surface area (Å²) in [5.74, 6) is -0.415. The molecular formula is C22H22FN3O. The molecule has 0 aliphatic carbocycles. The van der Waals surface area contributed by atoms with Crippen LogP contribution in [0.25, 0.3) is 22.2 Å². The fourth-order valence-corrected chi connectivity index (χ4v) is 3.80. The van der Waals surface area contributed by atoms with Crippen molar-refractivity contribution in [2.45, 2.75) is 31.8 Å². The fourth-order valence-electron chi connectivity index (χ4n) is 3.80. The first kappa shape index (κ1) is 17.6. The molecule has 2 aromatic carbocycles. The summed E-state index contributed by atoms with van der Waals surface area (Å²) < 4.78 is 13.8. The fraction of sp³-hybridized carbons (Fsp3) is 0.273. The average Bonchev–Trinajstić information content (AvgIpc) is 2.67. The second-order valence-electron chi connectivity index (χ2n) is 7.21. The van der Waals surface area contributed by atoms with Crippen molar-refractivity contribution < 1.29 is 9.18 Å². The van der Waals surface area contributed by atoms with Gasteiger partial charge in [0.2, 0.25) is 0 Å². The molecule has 2 N–H and O–H groups in total. The summed E-state index contributed by atoms with van der Waals surface area (Å²) in [6.07, 6.45) is 1.58. The van der Waals surface area contributed by atoms with Crippen LogP contribution in [0.3, 0.4) is 0 Å². The Labute approximate surface area is 157 Å².